The molecule has 272 valence electrons. The van der Waals surface area contributed by atoms with Gasteiger partial charge in [0.25, 0.3) is 0 Å². The number of hydrogen-bond acceptors (Lipinski definition) is 7. The van der Waals surface area contributed by atoms with Crippen molar-refractivity contribution in [1.82, 2.24) is 0 Å². The van der Waals surface area contributed by atoms with Crippen LogP contribution in [0.5, 0.6) is 0 Å². The quantitative estimate of drug-likeness (QED) is 0.167. The molecule has 0 atom stereocenters. The second-order valence-electron chi connectivity index (χ2n) is 14.3. The van der Waals surface area contributed by atoms with Gasteiger partial charge in [-0.1, -0.05) is 72.8 Å². The van der Waals surface area contributed by atoms with Crippen molar-refractivity contribution in [3.8, 4) is 57.7 Å². The number of nitriles is 4. The van der Waals surface area contributed by atoms with Crippen LogP contribution in [0.25, 0.3) is 73.7 Å². The molecule has 7 heteroatoms. The normalized spacial score (nSPS) is 11.0. The Hall–Kier alpha value is -8.04. The molecule has 5 nitrogen and oxygen atoms in total. The van der Waals surface area contributed by atoms with Crippen LogP contribution in [0.15, 0.2) is 164 Å². The van der Waals surface area contributed by atoms with Gasteiger partial charge in [-0.25, -0.2) is 0 Å². The van der Waals surface area contributed by atoms with E-state index in [4.69, 9.17) is 0 Å². The monoisotopic (exact) mass is 785 g/mol. The molecule has 0 amide bonds. The fraction of sp³-hybridized carbons (Fsp3) is 0. The molecule has 0 aliphatic rings. The molecule has 0 bridgehead atoms. The molecule has 0 unspecified atom stereocenters. The molecule has 59 heavy (non-hydrogen) atoms. The van der Waals surface area contributed by atoms with Gasteiger partial charge in [0.15, 0.2) is 0 Å². The highest BCUT2D eigenvalue weighted by molar-refractivity contribution is 7.26. The van der Waals surface area contributed by atoms with Crippen molar-refractivity contribution in [2.45, 2.75) is 0 Å². The third-order valence-corrected chi connectivity index (χ3v) is 13.0. The summed E-state index contributed by atoms with van der Waals surface area (Å²) in [5.74, 6) is 0. The lowest BCUT2D eigenvalue weighted by Gasteiger charge is -2.26. The summed E-state index contributed by atoms with van der Waals surface area (Å²) in [6, 6.07) is 64.4. The molecule has 0 saturated heterocycles. The molecule has 0 saturated carbocycles. The first-order valence-electron chi connectivity index (χ1n) is 18.8. The van der Waals surface area contributed by atoms with Gasteiger partial charge in [0.2, 0.25) is 0 Å². The van der Waals surface area contributed by atoms with Gasteiger partial charge >= 0.3 is 0 Å². The minimum Gasteiger partial charge on any atom is -0.311 e. The van der Waals surface area contributed by atoms with E-state index < -0.39 is 0 Å². The van der Waals surface area contributed by atoms with Gasteiger partial charge in [-0.3, -0.25) is 0 Å². The van der Waals surface area contributed by atoms with Crippen molar-refractivity contribution in [3.63, 3.8) is 0 Å². The Kier molecular flexibility index (Phi) is 8.68. The Morgan fingerprint density at radius 2 is 0.610 bits per heavy atom. The summed E-state index contributed by atoms with van der Waals surface area (Å²) in [7, 11) is 0. The van der Waals surface area contributed by atoms with Crippen LogP contribution in [0.3, 0.4) is 0 Å². The number of thiophene rings is 2. The van der Waals surface area contributed by atoms with Gasteiger partial charge in [-0.2, -0.15) is 21.0 Å². The predicted molar refractivity (Wildman–Crippen MR) is 242 cm³/mol. The largest absolute Gasteiger partial charge is 0.311 e. The molecular weight excluding hydrogens is 759 g/mol. The fourth-order valence-corrected chi connectivity index (χ4v) is 10.2. The zero-order valence-electron chi connectivity index (χ0n) is 31.1. The Labute approximate surface area is 348 Å². The van der Waals surface area contributed by atoms with E-state index in [0.717, 1.165) is 70.6 Å². The van der Waals surface area contributed by atoms with Gasteiger partial charge in [0.05, 0.1) is 46.5 Å². The van der Waals surface area contributed by atoms with Gasteiger partial charge in [0, 0.05) is 57.4 Å². The first-order valence-corrected chi connectivity index (χ1v) is 20.4. The lowest BCUT2D eigenvalue weighted by molar-refractivity contribution is 1.28. The van der Waals surface area contributed by atoms with Gasteiger partial charge < -0.3 is 4.90 Å². The third-order valence-electron chi connectivity index (χ3n) is 10.8. The minimum absolute atomic E-state index is 0.448. The molecule has 0 radical (unpaired) electrons. The molecule has 10 rings (SSSR count). The van der Waals surface area contributed by atoms with Crippen LogP contribution in [0, 0.1) is 45.3 Å². The molecule has 0 aliphatic heterocycles. The first-order chi connectivity index (χ1) is 29.0. The van der Waals surface area contributed by atoms with E-state index in [9.17, 15) is 21.0 Å². The molecule has 10 aromatic rings. The molecule has 0 aliphatic carbocycles. The molecule has 0 N–H and O–H groups in total. The van der Waals surface area contributed by atoms with E-state index in [0.29, 0.717) is 22.3 Å². The van der Waals surface area contributed by atoms with Crippen LogP contribution in [0.4, 0.5) is 17.1 Å². The summed E-state index contributed by atoms with van der Waals surface area (Å²) in [6.45, 7) is 0. The Bertz CT molecular complexity index is 3270. The third kappa shape index (κ3) is 6.40. The summed E-state index contributed by atoms with van der Waals surface area (Å²) in [5.41, 5.74) is 11.3. The topological polar surface area (TPSA) is 98.4 Å². The zero-order valence-corrected chi connectivity index (χ0v) is 32.8. The average Bonchev–Trinajstić information content (AvgIpc) is 3.86. The van der Waals surface area contributed by atoms with Crippen LogP contribution in [-0.2, 0) is 0 Å². The van der Waals surface area contributed by atoms with Crippen molar-refractivity contribution in [2.24, 2.45) is 0 Å². The molecule has 8 aromatic carbocycles. The molecule has 0 fully saturated rings. The van der Waals surface area contributed by atoms with Gasteiger partial charge in [-0.15, -0.1) is 22.7 Å². The second kappa shape index (κ2) is 14.5. The van der Waals surface area contributed by atoms with E-state index in [1.807, 2.05) is 60.7 Å². The Balaban J connectivity index is 1.01. The maximum absolute atomic E-state index is 9.59. The highest BCUT2D eigenvalue weighted by atomic mass is 32.1. The maximum atomic E-state index is 9.59. The van der Waals surface area contributed by atoms with E-state index >= 15 is 0 Å². The number of nitrogens with zero attached hydrogens (tertiary/aromatic N) is 5. The van der Waals surface area contributed by atoms with Crippen molar-refractivity contribution in [3.05, 3.63) is 186 Å². The Morgan fingerprint density at radius 1 is 0.288 bits per heavy atom. The number of fused-ring (bicyclic) bond motifs is 6. The first kappa shape index (κ1) is 35.4. The minimum atomic E-state index is 0.448. The van der Waals surface area contributed by atoms with Crippen LogP contribution >= 0.6 is 22.7 Å². The number of benzene rings is 8. The number of hydrogen-bond donors (Lipinski definition) is 0. The highest BCUT2D eigenvalue weighted by Crippen LogP contribution is 2.41. The lowest BCUT2D eigenvalue weighted by Crippen LogP contribution is -2.09. The summed E-state index contributed by atoms with van der Waals surface area (Å²) in [5, 5.41) is 42.7. The summed E-state index contributed by atoms with van der Waals surface area (Å²) < 4.78 is 4.58. The van der Waals surface area contributed by atoms with E-state index in [1.165, 1.54) is 20.2 Å². The average molecular weight is 786 g/mol. The van der Waals surface area contributed by atoms with Crippen molar-refractivity contribution in [2.75, 3.05) is 4.90 Å². The molecule has 2 aromatic heterocycles. The van der Waals surface area contributed by atoms with Gasteiger partial charge in [-0.05, 0) is 124 Å². The molecule has 2 heterocycles. The number of anilines is 3. The predicted octanol–water partition coefficient (Wildman–Crippen LogP) is 14.4. The smallest absolute Gasteiger partial charge is 0.0992 e. The zero-order chi connectivity index (χ0) is 40.0. The van der Waals surface area contributed by atoms with Crippen LogP contribution in [0.1, 0.15) is 22.3 Å². The van der Waals surface area contributed by atoms with E-state index in [2.05, 4.69) is 126 Å². The Morgan fingerprint density at radius 3 is 0.983 bits per heavy atom. The van der Waals surface area contributed by atoms with E-state index in [1.54, 1.807) is 28.7 Å². The van der Waals surface area contributed by atoms with Crippen LogP contribution < -0.4 is 4.90 Å². The van der Waals surface area contributed by atoms with Gasteiger partial charge in [0.1, 0.15) is 0 Å². The summed E-state index contributed by atoms with van der Waals surface area (Å²) >= 11 is 3.41. The number of rotatable bonds is 6. The SMILES string of the molecule is N#Cc1cc(C#N)cc(-c2ccc(N(c3ccc(-c4ccc5c(c4)sc4cc(C#N)ccc45)cc3)c3ccc(-c4ccc5c(c4)sc4cc(C#N)ccc45)cc3)cc2)c1. The second-order valence-corrected chi connectivity index (χ2v) is 16.4. The summed E-state index contributed by atoms with van der Waals surface area (Å²) in [4.78, 5) is 2.23. The fourth-order valence-electron chi connectivity index (χ4n) is 7.83. The van der Waals surface area contributed by atoms with E-state index in [-0.39, 0.29) is 0 Å². The lowest BCUT2D eigenvalue weighted by atomic mass is 9.99. The summed E-state index contributed by atoms with van der Waals surface area (Å²) in [6.07, 6.45) is 0. The standard InChI is InChI=1S/C52H27N5S2/c53-28-32-1-17-45-47-19-9-39(26-51(47)58-49(45)24-32)36-3-11-42(12-4-36)57(44-15-7-38(8-16-44)41-22-34(30-55)21-35(23-41)31-56)43-13-5-37(6-14-43)40-10-20-48-46-18-2-33(29-54)25-50(46)59-52(48)27-40/h1-27H. The highest BCUT2D eigenvalue weighted by Gasteiger charge is 2.16. The molecule has 0 spiro atoms. The van der Waals surface area contributed by atoms with Crippen molar-refractivity contribution < 1.29 is 0 Å². The van der Waals surface area contributed by atoms with Crippen molar-refractivity contribution >= 4 is 80.1 Å². The maximum Gasteiger partial charge on any atom is 0.0992 e. The van der Waals surface area contributed by atoms with Crippen LogP contribution in [-0.4, -0.2) is 0 Å². The molecular formula is C52H27N5S2. The van der Waals surface area contributed by atoms with Crippen molar-refractivity contribution in [1.29, 1.82) is 21.0 Å². The van der Waals surface area contributed by atoms with Crippen LogP contribution in [0.2, 0.25) is 0 Å².